The molecule has 26 heavy (non-hydrogen) atoms. The van der Waals surface area contributed by atoms with Crippen molar-refractivity contribution >= 4 is 17.5 Å². The molecule has 0 bridgehead atoms. The Morgan fingerprint density at radius 2 is 1.92 bits per heavy atom. The van der Waals surface area contributed by atoms with Crippen LogP contribution in [-0.4, -0.2) is 59.8 Å². The Bertz CT molecular complexity index is 696. The number of hydrogen-bond donors (Lipinski definition) is 2. The number of benzene rings is 1. The van der Waals surface area contributed by atoms with Crippen LogP contribution in [-0.2, 0) is 0 Å². The minimum absolute atomic E-state index is 0.113. The molecule has 1 atom stereocenters. The van der Waals surface area contributed by atoms with Gasteiger partial charge in [0.1, 0.15) is 0 Å². The minimum atomic E-state index is -0.796. The Balaban J connectivity index is 1.33. The monoisotopic (exact) mass is 360 g/mol. The highest BCUT2D eigenvalue weighted by molar-refractivity contribution is 5.67. The van der Waals surface area contributed by atoms with Crippen molar-refractivity contribution in [1.82, 2.24) is 10.2 Å². The number of likely N-dealkylation sites (tertiary alicyclic amines) is 1. The predicted octanol–water partition coefficient (Wildman–Crippen LogP) is 2.15. The quantitative estimate of drug-likeness (QED) is 0.631. The van der Waals surface area contributed by atoms with Gasteiger partial charge in [0.15, 0.2) is 0 Å². The molecule has 140 valence electrons. The highest BCUT2D eigenvalue weighted by Gasteiger charge is 2.58. The lowest BCUT2D eigenvalue weighted by molar-refractivity contribution is -0.384. The normalized spacial score (nSPS) is 24.8. The molecule has 1 amide bonds. The van der Waals surface area contributed by atoms with Crippen LogP contribution in [0.2, 0.25) is 0 Å². The number of nitrogens with zero attached hydrogens (tertiary/aromatic N) is 3. The fraction of sp³-hybridized carbons (Fsp3) is 0.611. The number of hydrogen-bond acceptors (Lipinski definition) is 5. The summed E-state index contributed by atoms with van der Waals surface area (Å²) in [6.07, 6.45) is 2.22. The van der Waals surface area contributed by atoms with Crippen molar-refractivity contribution in [3.63, 3.8) is 0 Å². The van der Waals surface area contributed by atoms with Gasteiger partial charge in [0.25, 0.3) is 5.69 Å². The number of carboxylic acid groups (broad SMARTS) is 1. The van der Waals surface area contributed by atoms with Gasteiger partial charge in [-0.25, -0.2) is 4.79 Å². The average Bonchev–Trinajstić information content (AvgIpc) is 2.58. The van der Waals surface area contributed by atoms with Crippen molar-refractivity contribution in [2.45, 2.75) is 25.3 Å². The largest absolute Gasteiger partial charge is 0.465 e. The van der Waals surface area contributed by atoms with Gasteiger partial charge in [-0.05, 0) is 37.3 Å². The molecule has 1 aromatic rings. The molecule has 4 rings (SSSR count). The predicted molar refractivity (Wildman–Crippen MR) is 96.5 cm³/mol. The molecular weight excluding hydrogens is 336 g/mol. The summed E-state index contributed by atoms with van der Waals surface area (Å²) in [5, 5.41) is 23.4. The first-order chi connectivity index (χ1) is 12.5. The maximum absolute atomic E-state index is 11.4. The standard InChI is InChI=1S/C18H24N4O4/c23-17(24)21-12-18(10-19-11-18)16(21)9-13-5-7-20(8-6-13)14-1-3-15(4-2-14)22(25)26/h1-4,13,16,19H,5-12H2,(H,23,24). The van der Waals surface area contributed by atoms with Gasteiger partial charge >= 0.3 is 6.09 Å². The van der Waals surface area contributed by atoms with Crippen LogP contribution in [0.4, 0.5) is 16.2 Å². The zero-order valence-electron chi connectivity index (χ0n) is 14.6. The van der Waals surface area contributed by atoms with Gasteiger partial charge in [0, 0.05) is 62.0 Å². The summed E-state index contributed by atoms with van der Waals surface area (Å²) >= 11 is 0. The Labute approximate surface area is 151 Å². The Kier molecular flexibility index (Phi) is 4.22. The van der Waals surface area contributed by atoms with Crippen LogP contribution in [0, 0.1) is 21.4 Å². The van der Waals surface area contributed by atoms with Crippen LogP contribution in [0.5, 0.6) is 0 Å². The summed E-state index contributed by atoms with van der Waals surface area (Å²) in [6, 6.07) is 6.87. The first kappa shape index (κ1) is 17.1. The van der Waals surface area contributed by atoms with Gasteiger partial charge in [-0.3, -0.25) is 10.1 Å². The first-order valence-corrected chi connectivity index (χ1v) is 9.18. The third-order valence-corrected chi connectivity index (χ3v) is 6.36. The van der Waals surface area contributed by atoms with Gasteiger partial charge in [-0.1, -0.05) is 0 Å². The average molecular weight is 360 g/mol. The Morgan fingerprint density at radius 3 is 2.42 bits per heavy atom. The summed E-state index contributed by atoms with van der Waals surface area (Å²) in [5.41, 5.74) is 1.31. The van der Waals surface area contributed by atoms with Crippen molar-refractivity contribution in [2.24, 2.45) is 11.3 Å². The van der Waals surface area contributed by atoms with Crippen molar-refractivity contribution in [3.05, 3.63) is 34.4 Å². The lowest BCUT2D eigenvalue weighted by Gasteiger charge is -2.62. The van der Waals surface area contributed by atoms with Crippen molar-refractivity contribution < 1.29 is 14.8 Å². The van der Waals surface area contributed by atoms with E-state index in [-0.39, 0.29) is 22.1 Å². The van der Waals surface area contributed by atoms with Crippen molar-refractivity contribution in [3.8, 4) is 0 Å². The molecule has 2 N–H and O–H groups in total. The Hall–Kier alpha value is -2.35. The molecule has 1 aromatic carbocycles. The molecule has 0 aromatic heterocycles. The number of amides is 1. The van der Waals surface area contributed by atoms with E-state index in [2.05, 4.69) is 10.2 Å². The van der Waals surface area contributed by atoms with Crippen molar-refractivity contribution in [1.29, 1.82) is 0 Å². The van der Waals surface area contributed by atoms with E-state index in [0.29, 0.717) is 12.5 Å². The zero-order chi connectivity index (χ0) is 18.3. The van der Waals surface area contributed by atoms with Crippen LogP contribution in [0.25, 0.3) is 0 Å². The topological polar surface area (TPSA) is 99.0 Å². The van der Waals surface area contributed by atoms with Crippen LogP contribution in [0.15, 0.2) is 24.3 Å². The summed E-state index contributed by atoms with van der Waals surface area (Å²) in [6.45, 7) is 4.36. The van der Waals surface area contributed by atoms with Crippen LogP contribution < -0.4 is 10.2 Å². The fourth-order valence-corrected chi connectivity index (χ4v) is 4.67. The molecule has 3 aliphatic rings. The molecule has 0 radical (unpaired) electrons. The number of nitro groups is 1. The van der Waals surface area contributed by atoms with E-state index in [0.717, 1.165) is 51.1 Å². The van der Waals surface area contributed by atoms with Crippen LogP contribution in [0.3, 0.4) is 0 Å². The number of carbonyl (C=O) groups is 1. The minimum Gasteiger partial charge on any atom is -0.465 e. The second-order valence-corrected chi connectivity index (χ2v) is 7.83. The van der Waals surface area contributed by atoms with E-state index in [9.17, 15) is 20.0 Å². The van der Waals surface area contributed by atoms with E-state index in [1.165, 1.54) is 0 Å². The van der Waals surface area contributed by atoms with Crippen LogP contribution >= 0.6 is 0 Å². The van der Waals surface area contributed by atoms with Gasteiger partial charge in [0.05, 0.1) is 4.92 Å². The molecule has 1 spiro atoms. The SMILES string of the molecule is O=C(O)N1CC2(CNC2)C1CC1CCN(c2ccc([N+](=O)[O-])cc2)CC1. The second-order valence-electron chi connectivity index (χ2n) is 7.83. The van der Waals surface area contributed by atoms with Crippen molar-refractivity contribution in [2.75, 3.05) is 37.6 Å². The molecule has 1 unspecified atom stereocenters. The maximum Gasteiger partial charge on any atom is 0.407 e. The molecule has 3 heterocycles. The van der Waals surface area contributed by atoms with Gasteiger partial charge in [-0.15, -0.1) is 0 Å². The smallest absolute Gasteiger partial charge is 0.407 e. The number of nitrogens with one attached hydrogen (secondary N) is 1. The zero-order valence-corrected chi connectivity index (χ0v) is 14.6. The van der Waals surface area contributed by atoms with Gasteiger partial charge in [0.2, 0.25) is 0 Å². The number of non-ortho nitro benzene ring substituents is 1. The van der Waals surface area contributed by atoms with E-state index in [1.807, 2.05) is 12.1 Å². The van der Waals surface area contributed by atoms with Crippen LogP contribution in [0.1, 0.15) is 19.3 Å². The van der Waals surface area contributed by atoms with E-state index >= 15 is 0 Å². The number of rotatable bonds is 4. The van der Waals surface area contributed by atoms with E-state index in [4.69, 9.17) is 0 Å². The van der Waals surface area contributed by atoms with Gasteiger partial charge < -0.3 is 20.2 Å². The molecule has 0 saturated carbocycles. The molecule has 3 fully saturated rings. The number of anilines is 1. The summed E-state index contributed by atoms with van der Waals surface area (Å²) in [7, 11) is 0. The first-order valence-electron chi connectivity index (χ1n) is 9.18. The molecule has 0 aliphatic carbocycles. The second kappa shape index (κ2) is 6.42. The lowest BCUT2D eigenvalue weighted by atomic mass is 9.64. The van der Waals surface area contributed by atoms with E-state index < -0.39 is 6.09 Å². The number of piperidine rings is 1. The third-order valence-electron chi connectivity index (χ3n) is 6.36. The molecule has 8 heteroatoms. The molecule has 3 saturated heterocycles. The van der Waals surface area contributed by atoms with Gasteiger partial charge in [-0.2, -0.15) is 0 Å². The summed E-state index contributed by atoms with van der Waals surface area (Å²) in [4.78, 5) is 25.7. The highest BCUT2D eigenvalue weighted by Crippen LogP contribution is 2.45. The van der Waals surface area contributed by atoms with E-state index in [1.54, 1.807) is 17.0 Å². The molecule has 8 nitrogen and oxygen atoms in total. The third kappa shape index (κ3) is 2.88. The fourth-order valence-electron chi connectivity index (χ4n) is 4.67. The molecule has 3 aliphatic heterocycles. The number of nitro benzene ring substituents is 1. The lowest BCUT2D eigenvalue weighted by Crippen LogP contribution is -2.77. The Morgan fingerprint density at radius 1 is 1.27 bits per heavy atom. The summed E-state index contributed by atoms with van der Waals surface area (Å²) < 4.78 is 0. The maximum atomic E-state index is 11.4. The summed E-state index contributed by atoms with van der Waals surface area (Å²) in [5.74, 6) is 0.536. The molecular formula is C18H24N4O4. The highest BCUT2D eigenvalue weighted by atomic mass is 16.6.